The molecule has 3 aromatic rings. The highest BCUT2D eigenvalue weighted by Gasteiger charge is 2.24. The largest absolute Gasteiger partial charge is 0.494 e. The van der Waals surface area contributed by atoms with Crippen molar-refractivity contribution in [1.82, 2.24) is 15.0 Å². The number of piperidine rings is 1. The van der Waals surface area contributed by atoms with E-state index in [0.717, 1.165) is 36.1 Å². The van der Waals surface area contributed by atoms with Gasteiger partial charge in [-0.25, -0.2) is 9.78 Å². The van der Waals surface area contributed by atoms with Gasteiger partial charge in [0.05, 0.1) is 31.8 Å². The lowest BCUT2D eigenvalue weighted by Crippen LogP contribution is -2.42. The van der Waals surface area contributed by atoms with Crippen molar-refractivity contribution < 1.29 is 18.8 Å². The second-order valence-corrected chi connectivity index (χ2v) is 8.39. The van der Waals surface area contributed by atoms with Gasteiger partial charge in [0.1, 0.15) is 12.0 Å². The Kier molecular flexibility index (Phi) is 7.80. The SMILES string of the molecule is COc1ccc(NC(=O)N2CC/C(=C\c3cccc(OCCCc4cnoc4)c3)C(C)C2)cn1. The summed E-state index contributed by atoms with van der Waals surface area (Å²) in [4.78, 5) is 18.7. The van der Waals surface area contributed by atoms with Crippen LogP contribution in [0.5, 0.6) is 11.6 Å². The van der Waals surface area contributed by atoms with Gasteiger partial charge in [0, 0.05) is 24.7 Å². The van der Waals surface area contributed by atoms with Gasteiger partial charge in [0.2, 0.25) is 5.88 Å². The Labute approximate surface area is 199 Å². The number of carbonyl (C=O) groups is 1. The molecule has 1 saturated heterocycles. The minimum atomic E-state index is -0.112. The first-order valence-electron chi connectivity index (χ1n) is 11.5. The summed E-state index contributed by atoms with van der Waals surface area (Å²) < 4.78 is 15.8. The maximum absolute atomic E-state index is 12.7. The molecule has 178 valence electrons. The Morgan fingerprint density at radius 3 is 2.94 bits per heavy atom. The van der Waals surface area contributed by atoms with E-state index in [1.165, 1.54) is 5.57 Å². The maximum atomic E-state index is 12.7. The van der Waals surface area contributed by atoms with Crippen molar-refractivity contribution in [3.05, 3.63) is 71.8 Å². The highest BCUT2D eigenvalue weighted by molar-refractivity contribution is 5.89. The molecule has 1 unspecified atom stereocenters. The van der Waals surface area contributed by atoms with Crippen molar-refractivity contribution in [3.8, 4) is 11.6 Å². The van der Waals surface area contributed by atoms with E-state index in [1.54, 1.807) is 37.9 Å². The molecule has 0 saturated carbocycles. The highest BCUT2D eigenvalue weighted by atomic mass is 16.5. The third-order valence-electron chi connectivity index (χ3n) is 5.85. The van der Waals surface area contributed by atoms with E-state index in [-0.39, 0.29) is 11.9 Å². The van der Waals surface area contributed by atoms with Crippen LogP contribution in [0.15, 0.2) is 65.2 Å². The standard InChI is InChI=1S/C26H30N4O4/c1-19-17-30(26(31)29-23-8-9-25(32-2)27-16-23)11-10-22(19)13-20-5-3-7-24(14-20)33-12-4-6-21-15-28-34-18-21/h3,5,7-9,13-16,18-19H,4,6,10-12,17H2,1-2H3,(H,29,31)/b22-13+. The number of ether oxygens (including phenoxy) is 2. The van der Waals surface area contributed by atoms with Crippen LogP contribution in [-0.4, -0.2) is 47.9 Å². The molecule has 8 heteroatoms. The molecule has 4 rings (SSSR count). The van der Waals surface area contributed by atoms with E-state index in [9.17, 15) is 4.79 Å². The summed E-state index contributed by atoms with van der Waals surface area (Å²) in [6.07, 6.45) is 9.83. The minimum absolute atomic E-state index is 0.112. The van der Waals surface area contributed by atoms with Crippen LogP contribution in [0.3, 0.4) is 0 Å². The van der Waals surface area contributed by atoms with Crippen LogP contribution < -0.4 is 14.8 Å². The molecular formula is C26H30N4O4. The van der Waals surface area contributed by atoms with E-state index in [1.807, 2.05) is 17.0 Å². The summed E-state index contributed by atoms with van der Waals surface area (Å²) >= 11 is 0. The van der Waals surface area contributed by atoms with Crippen molar-refractivity contribution in [2.45, 2.75) is 26.2 Å². The number of rotatable bonds is 8. The normalized spacial score (nSPS) is 16.9. The van der Waals surface area contributed by atoms with E-state index in [2.05, 4.69) is 40.6 Å². The van der Waals surface area contributed by atoms with Gasteiger partial charge in [0.15, 0.2) is 0 Å². The molecule has 2 aromatic heterocycles. The van der Waals surface area contributed by atoms with E-state index in [4.69, 9.17) is 14.0 Å². The Bertz CT molecular complexity index is 1100. The fourth-order valence-corrected chi connectivity index (χ4v) is 3.95. The number of nitrogens with zero attached hydrogens (tertiary/aromatic N) is 3. The predicted octanol–water partition coefficient (Wildman–Crippen LogP) is 5.05. The van der Waals surface area contributed by atoms with Gasteiger partial charge < -0.3 is 24.2 Å². The van der Waals surface area contributed by atoms with E-state index in [0.29, 0.717) is 31.3 Å². The quantitative estimate of drug-likeness (QED) is 0.471. The molecule has 1 fully saturated rings. The third-order valence-corrected chi connectivity index (χ3v) is 5.85. The van der Waals surface area contributed by atoms with Gasteiger partial charge >= 0.3 is 6.03 Å². The molecule has 0 radical (unpaired) electrons. The van der Waals surface area contributed by atoms with Gasteiger partial charge in [-0.15, -0.1) is 0 Å². The second kappa shape index (κ2) is 11.4. The number of hydrogen-bond donors (Lipinski definition) is 1. The maximum Gasteiger partial charge on any atom is 0.321 e. The van der Waals surface area contributed by atoms with Crippen molar-refractivity contribution in [2.75, 3.05) is 32.1 Å². The zero-order valence-electron chi connectivity index (χ0n) is 19.6. The summed E-state index contributed by atoms with van der Waals surface area (Å²) in [6.45, 7) is 4.13. The number of carbonyl (C=O) groups excluding carboxylic acids is 1. The summed E-state index contributed by atoms with van der Waals surface area (Å²) in [5, 5.41) is 6.63. The smallest absolute Gasteiger partial charge is 0.321 e. The topological polar surface area (TPSA) is 89.7 Å². The molecule has 2 amide bonds. The van der Waals surface area contributed by atoms with E-state index >= 15 is 0 Å². The number of pyridine rings is 1. The molecule has 0 spiro atoms. The summed E-state index contributed by atoms with van der Waals surface area (Å²) in [7, 11) is 1.56. The van der Waals surface area contributed by atoms with Crippen LogP contribution in [-0.2, 0) is 6.42 Å². The first-order chi connectivity index (χ1) is 16.6. The number of nitrogens with one attached hydrogen (secondary N) is 1. The monoisotopic (exact) mass is 462 g/mol. The molecule has 0 aliphatic carbocycles. The molecule has 1 aliphatic heterocycles. The molecule has 8 nitrogen and oxygen atoms in total. The van der Waals surface area contributed by atoms with Crippen LogP contribution in [0.2, 0.25) is 0 Å². The van der Waals surface area contributed by atoms with Crippen molar-refractivity contribution >= 4 is 17.8 Å². The molecule has 1 aliphatic rings. The van der Waals surface area contributed by atoms with Gasteiger partial charge in [-0.05, 0) is 48.9 Å². The van der Waals surface area contributed by atoms with Crippen LogP contribution in [0.1, 0.15) is 30.9 Å². The lowest BCUT2D eigenvalue weighted by atomic mass is 9.91. The lowest BCUT2D eigenvalue weighted by molar-refractivity contribution is 0.198. The van der Waals surface area contributed by atoms with Crippen molar-refractivity contribution in [1.29, 1.82) is 0 Å². The number of likely N-dealkylation sites (tertiary alicyclic amines) is 1. The Morgan fingerprint density at radius 2 is 2.21 bits per heavy atom. The third kappa shape index (κ3) is 6.37. The van der Waals surface area contributed by atoms with Crippen molar-refractivity contribution in [2.24, 2.45) is 5.92 Å². The number of aryl methyl sites for hydroxylation is 1. The molecule has 3 heterocycles. The zero-order valence-corrected chi connectivity index (χ0v) is 19.6. The molecule has 34 heavy (non-hydrogen) atoms. The summed E-state index contributed by atoms with van der Waals surface area (Å²) in [5.41, 5.74) is 4.18. The Hall–Kier alpha value is -3.81. The Morgan fingerprint density at radius 1 is 1.29 bits per heavy atom. The number of anilines is 1. The van der Waals surface area contributed by atoms with Crippen molar-refractivity contribution in [3.63, 3.8) is 0 Å². The first-order valence-corrected chi connectivity index (χ1v) is 11.5. The Balaban J connectivity index is 1.28. The average molecular weight is 463 g/mol. The van der Waals surface area contributed by atoms with Gasteiger partial charge in [-0.1, -0.05) is 35.9 Å². The van der Waals surface area contributed by atoms with Gasteiger partial charge in [-0.3, -0.25) is 0 Å². The number of urea groups is 1. The first kappa shape index (κ1) is 23.4. The van der Waals surface area contributed by atoms with Crippen LogP contribution >= 0.6 is 0 Å². The summed E-state index contributed by atoms with van der Waals surface area (Å²) in [5.74, 6) is 1.64. The lowest BCUT2D eigenvalue weighted by Gasteiger charge is -2.33. The molecule has 1 N–H and O–H groups in total. The number of hydrogen-bond acceptors (Lipinski definition) is 6. The molecule has 0 bridgehead atoms. The number of methoxy groups -OCH3 is 1. The highest BCUT2D eigenvalue weighted by Crippen LogP contribution is 2.26. The predicted molar refractivity (Wildman–Crippen MR) is 130 cm³/mol. The number of aromatic nitrogens is 2. The van der Waals surface area contributed by atoms with Crippen LogP contribution in [0, 0.1) is 5.92 Å². The van der Waals surface area contributed by atoms with E-state index < -0.39 is 0 Å². The fourth-order valence-electron chi connectivity index (χ4n) is 3.95. The minimum Gasteiger partial charge on any atom is -0.494 e. The van der Waals surface area contributed by atoms with Crippen LogP contribution in [0.4, 0.5) is 10.5 Å². The number of benzene rings is 1. The molecular weight excluding hydrogens is 432 g/mol. The second-order valence-electron chi connectivity index (χ2n) is 8.39. The molecule has 1 aromatic carbocycles. The number of amides is 2. The summed E-state index contributed by atoms with van der Waals surface area (Å²) in [6, 6.07) is 11.5. The van der Waals surface area contributed by atoms with Gasteiger partial charge in [0.25, 0.3) is 0 Å². The van der Waals surface area contributed by atoms with Crippen LogP contribution in [0.25, 0.3) is 6.08 Å². The average Bonchev–Trinajstić information content (AvgIpc) is 3.37. The fraction of sp³-hybridized carbons (Fsp3) is 0.346. The zero-order chi connectivity index (χ0) is 23.8. The van der Waals surface area contributed by atoms with Gasteiger partial charge in [-0.2, -0.15) is 0 Å². The molecule has 1 atom stereocenters.